The zero-order valence-corrected chi connectivity index (χ0v) is 9.09. The molecule has 1 atom stereocenters. The van der Waals surface area contributed by atoms with E-state index in [9.17, 15) is 0 Å². The van der Waals surface area contributed by atoms with Crippen molar-refractivity contribution < 1.29 is 4.74 Å². The van der Waals surface area contributed by atoms with Crippen LogP contribution in [0.3, 0.4) is 0 Å². The Morgan fingerprint density at radius 1 is 1.43 bits per heavy atom. The number of ether oxygens (including phenoxy) is 1. The normalized spacial score (nSPS) is 37.9. The van der Waals surface area contributed by atoms with Crippen LogP contribution in [-0.4, -0.2) is 38.9 Å². The summed E-state index contributed by atoms with van der Waals surface area (Å²) < 4.78 is 5.26. The third-order valence-electron chi connectivity index (χ3n) is 3.52. The summed E-state index contributed by atoms with van der Waals surface area (Å²) >= 11 is 0. The average molecular weight is 198 g/mol. The molecule has 2 fully saturated rings. The fourth-order valence-corrected chi connectivity index (χ4v) is 2.36. The van der Waals surface area contributed by atoms with Crippen LogP contribution in [0.5, 0.6) is 0 Å². The molecule has 0 aromatic heterocycles. The van der Waals surface area contributed by atoms with E-state index in [4.69, 9.17) is 4.74 Å². The standard InChI is InChI=1S/C11H22N2O/c1-14-11-5-10(6-11)13-8-9-3-2-4-12-7-9/h9-13H,2-8H2,1H3. The highest BCUT2D eigenvalue weighted by Crippen LogP contribution is 2.22. The van der Waals surface area contributed by atoms with Gasteiger partial charge in [-0.15, -0.1) is 0 Å². The van der Waals surface area contributed by atoms with E-state index < -0.39 is 0 Å². The molecule has 0 spiro atoms. The van der Waals surface area contributed by atoms with Crippen molar-refractivity contribution in [3.63, 3.8) is 0 Å². The highest BCUT2D eigenvalue weighted by atomic mass is 16.5. The number of methoxy groups -OCH3 is 1. The molecule has 2 N–H and O–H groups in total. The first kappa shape index (κ1) is 10.4. The lowest BCUT2D eigenvalue weighted by Gasteiger charge is -2.36. The molecule has 14 heavy (non-hydrogen) atoms. The van der Waals surface area contributed by atoms with Crippen molar-refractivity contribution in [2.75, 3.05) is 26.7 Å². The maximum Gasteiger partial charge on any atom is 0.0601 e. The van der Waals surface area contributed by atoms with E-state index >= 15 is 0 Å². The van der Waals surface area contributed by atoms with E-state index in [1.165, 1.54) is 45.3 Å². The summed E-state index contributed by atoms with van der Waals surface area (Å²) in [4.78, 5) is 0. The third-order valence-corrected chi connectivity index (χ3v) is 3.52. The van der Waals surface area contributed by atoms with E-state index in [2.05, 4.69) is 10.6 Å². The van der Waals surface area contributed by atoms with E-state index in [0.717, 1.165) is 12.0 Å². The van der Waals surface area contributed by atoms with Gasteiger partial charge in [-0.2, -0.15) is 0 Å². The minimum atomic E-state index is 0.525. The SMILES string of the molecule is COC1CC(NCC2CCCNC2)C1. The third kappa shape index (κ3) is 2.69. The number of piperidine rings is 1. The fourth-order valence-electron chi connectivity index (χ4n) is 2.36. The smallest absolute Gasteiger partial charge is 0.0601 e. The van der Waals surface area contributed by atoms with Gasteiger partial charge in [0.1, 0.15) is 0 Å². The first-order chi connectivity index (χ1) is 6.88. The lowest BCUT2D eigenvalue weighted by Crippen LogP contribution is -2.48. The summed E-state index contributed by atoms with van der Waals surface area (Å²) in [7, 11) is 1.81. The number of hydrogen-bond donors (Lipinski definition) is 2. The van der Waals surface area contributed by atoms with Gasteiger partial charge < -0.3 is 15.4 Å². The Morgan fingerprint density at radius 3 is 2.93 bits per heavy atom. The van der Waals surface area contributed by atoms with Crippen molar-refractivity contribution in [1.82, 2.24) is 10.6 Å². The molecular formula is C11H22N2O. The molecule has 0 aromatic carbocycles. The van der Waals surface area contributed by atoms with Crippen LogP contribution >= 0.6 is 0 Å². The molecule has 0 bridgehead atoms. The van der Waals surface area contributed by atoms with E-state index in [1.54, 1.807) is 0 Å². The molecule has 3 heteroatoms. The molecule has 1 aliphatic heterocycles. The quantitative estimate of drug-likeness (QED) is 0.699. The largest absolute Gasteiger partial charge is 0.381 e. The molecule has 3 nitrogen and oxygen atoms in total. The molecule has 1 saturated heterocycles. The average Bonchev–Trinajstić information content (AvgIpc) is 2.17. The lowest BCUT2D eigenvalue weighted by molar-refractivity contribution is 0.0162. The Morgan fingerprint density at radius 2 is 2.29 bits per heavy atom. The summed E-state index contributed by atoms with van der Waals surface area (Å²) in [6.45, 7) is 3.60. The van der Waals surface area contributed by atoms with Gasteiger partial charge in [0.25, 0.3) is 0 Å². The van der Waals surface area contributed by atoms with Gasteiger partial charge >= 0.3 is 0 Å². The zero-order valence-electron chi connectivity index (χ0n) is 9.09. The van der Waals surface area contributed by atoms with Crippen molar-refractivity contribution >= 4 is 0 Å². The van der Waals surface area contributed by atoms with Crippen LogP contribution in [0.1, 0.15) is 25.7 Å². The van der Waals surface area contributed by atoms with Gasteiger partial charge in [0, 0.05) is 13.2 Å². The maximum atomic E-state index is 5.26. The van der Waals surface area contributed by atoms with Crippen LogP contribution in [-0.2, 0) is 4.74 Å². The van der Waals surface area contributed by atoms with Crippen molar-refractivity contribution in [3.8, 4) is 0 Å². The number of rotatable bonds is 4. The van der Waals surface area contributed by atoms with Gasteiger partial charge in [-0.3, -0.25) is 0 Å². The second-order valence-corrected chi connectivity index (χ2v) is 4.65. The molecule has 1 unspecified atom stereocenters. The minimum Gasteiger partial charge on any atom is -0.381 e. The van der Waals surface area contributed by atoms with E-state index in [0.29, 0.717) is 6.10 Å². The molecule has 2 aliphatic rings. The van der Waals surface area contributed by atoms with Gasteiger partial charge in [-0.25, -0.2) is 0 Å². The first-order valence-electron chi connectivity index (χ1n) is 5.85. The summed E-state index contributed by atoms with van der Waals surface area (Å²) in [5, 5.41) is 7.08. The van der Waals surface area contributed by atoms with E-state index in [-0.39, 0.29) is 0 Å². The van der Waals surface area contributed by atoms with Crippen LogP contribution in [0, 0.1) is 5.92 Å². The lowest BCUT2D eigenvalue weighted by atomic mass is 9.88. The summed E-state index contributed by atoms with van der Waals surface area (Å²) in [5.74, 6) is 0.852. The number of nitrogens with one attached hydrogen (secondary N) is 2. The minimum absolute atomic E-state index is 0.525. The van der Waals surface area contributed by atoms with Crippen molar-refractivity contribution in [2.45, 2.75) is 37.8 Å². The molecule has 1 aliphatic carbocycles. The van der Waals surface area contributed by atoms with Crippen LogP contribution in [0.4, 0.5) is 0 Å². The second-order valence-electron chi connectivity index (χ2n) is 4.65. The Bertz CT molecular complexity index is 163. The zero-order chi connectivity index (χ0) is 9.80. The van der Waals surface area contributed by atoms with Crippen molar-refractivity contribution in [3.05, 3.63) is 0 Å². The van der Waals surface area contributed by atoms with Gasteiger partial charge in [0.15, 0.2) is 0 Å². The Balaban J connectivity index is 1.54. The van der Waals surface area contributed by atoms with E-state index in [1.807, 2.05) is 7.11 Å². The predicted molar refractivity (Wildman–Crippen MR) is 57.4 cm³/mol. The molecule has 2 rings (SSSR count). The summed E-state index contributed by atoms with van der Waals surface area (Å²) in [5.41, 5.74) is 0. The molecule has 1 heterocycles. The Kier molecular flexibility index (Phi) is 3.79. The van der Waals surface area contributed by atoms with Gasteiger partial charge in [0.05, 0.1) is 6.10 Å². The topological polar surface area (TPSA) is 33.3 Å². The first-order valence-corrected chi connectivity index (χ1v) is 5.85. The molecule has 82 valence electrons. The molecule has 0 amide bonds. The maximum absolute atomic E-state index is 5.26. The summed E-state index contributed by atoms with van der Waals surface area (Å²) in [6, 6.07) is 0.724. The highest BCUT2D eigenvalue weighted by Gasteiger charge is 2.28. The molecular weight excluding hydrogens is 176 g/mol. The van der Waals surface area contributed by atoms with Crippen LogP contribution < -0.4 is 10.6 Å². The molecule has 0 aromatic rings. The predicted octanol–water partition coefficient (Wildman–Crippen LogP) is 0.753. The molecule has 1 saturated carbocycles. The second kappa shape index (κ2) is 5.10. The number of hydrogen-bond acceptors (Lipinski definition) is 3. The highest BCUT2D eigenvalue weighted by molar-refractivity contribution is 4.86. The monoisotopic (exact) mass is 198 g/mol. The van der Waals surface area contributed by atoms with Crippen molar-refractivity contribution in [2.24, 2.45) is 5.92 Å². The molecule has 0 radical (unpaired) electrons. The van der Waals surface area contributed by atoms with Crippen LogP contribution in [0.2, 0.25) is 0 Å². The van der Waals surface area contributed by atoms with Gasteiger partial charge in [0.2, 0.25) is 0 Å². The van der Waals surface area contributed by atoms with Gasteiger partial charge in [-0.1, -0.05) is 0 Å². The fraction of sp³-hybridized carbons (Fsp3) is 1.00. The van der Waals surface area contributed by atoms with Gasteiger partial charge in [-0.05, 0) is 51.2 Å². The van der Waals surface area contributed by atoms with Crippen molar-refractivity contribution in [1.29, 1.82) is 0 Å². The van der Waals surface area contributed by atoms with Crippen LogP contribution in [0.25, 0.3) is 0 Å². The van der Waals surface area contributed by atoms with Crippen LogP contribution in [0.15, 0.2) is 0 Å². The Labute approximate surface area is 86.6 Å². The summed E-state index contributed by atoms with van der Waals surface area (Å²) in [6.07, 6.45) is 5.67. The Hall–Kier alpha value is -0.120.